The summed E-state index contributed by atoms with van der Waals surface area (Å²) in [5.74, 6) is 3.87. The summed E-state index contributed by atoms with van der Waals surface area (Å²) in [6, 6.07) is 7.96. The van der Waals surface area contributed by atoms with Crippen LogP contribution >= 0.6 is 11.8 Å². The first-order valence-corrected chi connectivity index (χ1v) is 10.2. The number of hydrogen-bond donors (Lipinski definition) is 4. The number of β-amino-alcohol motifs (C(OH)–C–C–N with tert-alkyl or cyclic N) is 1. The lowest BCUT2D eigenvalue weighted by Crippen LogP contribution is -2.29. The summed E-state index contributed by atoms with van der Waals surface area (Å²) in [6.07, 6.45) is 2.28. The summed E-state index contributed by atoms with van der Waals surface area (Å²) in [4.78, 5) is 10.1. The van der Waals surface area contributed by atoms with E-state index >= 15 is 0 Å². The first kappa shape index (κ1) is 22.6. The monoisotopic (exact) mass is 384 g/mol. The minimum Gasteiger partial charge on any atom is -0.497 e. The first-order chi connectivity index (χ1) is 12.5. The fourth-order valence-corrected chi connectivity index (χ4v) is 3.70. The van der Waals surface area contributed by atoms with Crippen LogP contribution in [0.25, 0.3) is 0 Å². The zero-order valence-corrected chi connectivity index (χ0v) is 16.6. The zero-order valence-electron chi connectivity index (χ0n) is 15.7. The van der Waals surface area contributed by atoms with E-state index in [-0.39, 0.29) is 6.10 Å². The van der Waals surface area contributed by atoms with E-state index in [0.29, 0.717) is 12.5 Å². The van der Waals surface area contributed by atoms with Crippen molar-refractivity contribution in [1.29, 1.82) is 0 Å². The smallest absolute Gasteiger partial charge is 0.404 e. The highest BCUT2D eigenvalue weighted by Crippen LogP contribution is 2.21. The Bertz CT molecular complexity index is 487. The molecule has 148 valence electrons. The maximum Gasteiger partial charge on any atom is 0.404 e. The van der Waals surface area contributed by atoms with Gasteiger partial charge in [-0.05, 0) is 62.3 Å². The average molecular weight is 385 g/mol. The number of aliphatic hydroxyl groups is 1. The predicted octanol–water partition coefficient (Wildman–Crippen LogP) is 2.74. The van der Waals surface area contributed by atoms with Crippen molar-refractivity contribution in [2.24, 2.45) is 5.92 Å². The van der Waals surface area contributed by atoms with Crippen molar-refractivity contribution >= 4 is 17.9 Å². The number of methoxy groups -OCH3 is 1. The number of aliphatic hydroxyl groups excluding tert-OH is 1. The number of carbonyl (C=O) groups is 1. The highest BCUT2D eigenvalue weighted by molar-refractivity contribution is 7.99. The van der Waals surface area contributed by atoms with Gasteiger partial charge in [-0.3, -0.25) is 0 Å². The largest absolute Gasteiger partial charge is 0.497 e. The van der Waals surface area contributed by atoms with Gasteiger partial charge in [0.15, 0.2) is 0 Å². The number of hydrogen-bond acceptors (Lipinski definition) is 5. The molecule has 2 heterocycles. The molecular weight excluding hydrogens is 352 g/mol. The standard InChI is InChI=1S/C8H10O.C7H13NO2S.C4H9NO/c1-7-3-5-8(9-2)6-4-7;9-7(10)8-5-6-1-3-11-4-2-6;6-4-1-2-5-3-4/h3-6H,1-2H3;6,8H,1-5H2,(H,9,10);4-6H,1-3H2. The molecule has 1 aromatic carbocycles. The van der Waals surface area contributed by atoms with Crippen LogP contribution in [0.1, 0.15) is 24.8 Å². The molecule has 3 rings (SSSR count). The van der Waals surface area contributed by atoms with Gasteiger partial charge in [0.2, 0.25) is 0 Å². The van der Waals surface area contributed by atoms with Crippen LogP contribution in [0, 0.1) is 12.8 Å². The summed E-state index contributed by atoms with van der Waals surface area (Å²) in [5, 5.41) is 22.4. The summed E-state index contributed by atoms with van der Waals surface area (Å²) in [7, 11) is 1.67. The predicted molar refractivity (Wildman–Crippen MR) is 107 cm³/mol. The summed E-state index contributed by atoms with van der Waals surface area (Å²) < 4.78 is 4.97. The highest BCUT2D eigenvalue weighted by Gasteiger charge is 2.13. The van der Waals surface area contributed by atoms with Crippen molar-refractivity contribution in [2.75, 3.05) is 38.2 Å². The van der Waals surface area contributed by atoms with Crippen molar-refractivity contribution in [3.8, 4) is 5.75 Å². The van der Waals surface area contributed by atoms with Gasteiger partial charge in [0.05, 0.1) is 13.2 Å². The first-order valence-electron chi connectivity index (χ1n) is 9.05. The fraction of sp³-hybridized carbons (Fsp3) is 0.632. The van der Waals surface area contributed by atoms with Gasteiger partial charge in [0, 0.05) is 13.1 Å². The normalized spacial score (nSPS) is 19.4. The second-order valence-electron chi connectivity index (χ2n) is 6.41. The lowest BCUT2D eigenvalue weighted by Gasteiger charge is -2.20. The van der Waals surface area contributed by atoms with Gasteiger partial charge >= 0.3 is 6.09 Å². The molecule has 0 radical (unpaired) electrons. The molecule has 1 unspecified atom stereocenters. The van der Waals surface area contributed by atoms with Crippen LogP contribution in [0.3, 0.4) is 0 Å². The molecule has 1 amide bonds. The Hall–Kier alpha value is -1.44. The van der Waals surface area contributed by atoms with Crippen LogP contribution in [0.2, 0.25) is 0 Å². The van der Waals surface area contributed by atoms with Gasteiger partial charge in [-0.15, -0.1) is 0 Å². The maximum absolute atomic E-state index is 10.1. The second-order valence-corrected chi connectivity index (χ2v) is 7.63. The van der Waals surface area contributed by atoms with E-state index in [1.165, 1.54) is 17.1 Å². The third-order valence-corrected chi connectivity index (χ3v) is 5.22. The number of carboxylic acid groups (broad SMARTS) is 1. The van der Waals surface area contributed by atoms with Crippen LogP contribution in [0.4, 0.5) is 4.79 Å². The summed E-state index contributed by atoms with van der Waals surface area (Å²) >= 11 is 1.96. The lowest BCUT2D eigenvalue weighted by molar-refractivity contribution is 0.192. The van der Waals surface area contributed by atoms with Gasteiger partial charge in [0.25, 0.3) is 0 Å². The van der Waals surface area contributed by atoms with E-state index in [0.717, 1.165) is 38.1 Å². The number of thioether (sulfide) groups is 1. The van der Waals surface area contributed by atoms with E-state index in [2.05, 4.69) is 17.6 Å². The Kier molecular flexibility index (Phi) is 11.9. The molecular formula is C19H32N2O4S. The molecule has 4 N–H and O–H groups in total. The summed E-state index contributed by atoms with van der Waals surface area (Å²) in [5.41, 5.74) is 1.26. The molecule has 2 aliphatic rings. The van der Waals surface area contributed by atoms with Crippen molar-refractivity contribution in [1.82, 2.24) is 10.6 Å². The van der Waals surface area contributed by atoms with Gasteiger partial charge in [-0.2, -0.15) is 11.8 Å². The number of nitrogens with one attached hydrogen (secondary N) is 2. The van der Waals surface area contributed by atoms with Crippen molar-refractivity contribution in [2.45, 2.75) is 32.3 Å². The SMILES string of the molecule is COc1ccc(C)cc1.O=C(O)NCC1CCSCC1.OC1CCNC1. The molecule has 2 aliphatic heterocycles. The lowest BCUT2D eigenvalue weighted by atomic mass is 10.0. The molecule has 0 spiro atoms. The Labute approximate surface area is 160 Å². The molecule has 0 bridgehead atoms. The third-order valence-electron chi connectivity index (χ3n) is 4.17. The van der Waals surface area contributed by atoms with E-state index in [4.69, 9.17) is 14.9 Å². The Morgan fingerprint density at radius 3 is 2.35 bits per heavy atom. The van der Waals surface area contributed by atoms with Crippen molar-refractivity contribution in [3.05, 3.63) is 29.8 Å². The Morgan fingerprint density at radius 2 is 1.92 bits per heavy atom. The van der Waals surface area contributed by atoms with Gasteiger partial charge in [-0.1, -0.05) is 17.7 Å². The van der Waals surface area contributed by atoms with E-state index in [1.54, 1.807) is 7.11 Å². The van der Waals surface area contributed by atoms with Crippen LogP contribution in [0.5, 0.6) is 5.75 Å². The Morgan fingerprint density at radius 1 is 1.27 bits per heavy atom. The fourth-order valence-electron chi connectivity index (χ4n) is 2.50. The number of benzene rings is 1. The van der Waals surface area contributed by atoms with E-state index < -0.39 is 6.09 Å². The van der Waals surface area contributed by atoms with Gasteiger partial charge < -0.3 is 25.6 Å². The molecule has 2 saturated heterocycles. The maximum atomic E-state index is 10.1. The number of amides is 1. The molecule has 7 heteroatoms. The minimum absolute atomic E-state index is 0.0648. The van der Waals surface area contributed by atoms with Gasteiger partial charge in [-0.25, -0.2) is 4.79 Å². The second kappa shape index (κ2) is 13.7. The van der Waals surface area contributed by atoms with Crippen molar-refractivity contribution in [3.63, 3.8) is 0 Å². The average Bonchev–Trinajstić information content (AvgIpc) is 3.14. The van der Waals surface area contributed by atoms with Crippen LogP contribution in [-0.4, -0.2) is 60.7 Å². The molecule has 1 atom stereocenters. The van der Waals surface area contributed by atoms with Crippen molar-refractivity contribution < 1.29 is 19.7 Å². The molecule has 6 nitrogen and oxygen atoms in total. The number of aryl methyl sites for hydroxylation is 1. The van der Waals surface area contributed by atoms with Crippen LogP contribution < -0.4 is 15.4 Å². The van der Waals surface area contributed by atoms with Gasteiger partial charge in [0.1, 0.15) is 5.75 Å². The number of ether oxygens (including phenoxy) is 1. The minimum atomic E-state index is -0.900. The molecule has 0 aliphatic carbocycles. The van der Waals surface area contributed by atoms with Crippen LogP contribution in [0.15, 0.2) is 24.3 Å². The molecule has 0 saturated carbocycles. The topological polar surface area (TPSA) is 90.8 Å². The van der Waals surface area contributed by atoms with E-state index in [1.807, 2.05) is 36.0 Å². The van der Waals surface area contributed by atoms with E-state index in [9.17, 15) is 4.79 Å². The molecule has 26 heavy (non-hydrogen) atoms. The quantitative estimate of drug-likeness (QED) is 0.641. The molecule has 0 aromatic heterocycles. The summed E-state index contributed by atoms with van der Waals surface area (Å²) in [6.45, 7) is 4.47. The highest BCUT2D eigenvalue weighted by atomic mass is 32.2. The third kappa shape index (κ3) is 11.2. The van der Waals surface area contributed by atoms with Crippen LogP contribution in [-0.2, 0) is 0 Å². The number of rotatable bonds is 3. The Balaban J connectivity index is 0.000000203. The molecule has 2 fully saturated rings. The zero-order chi connectivity index (χ0) is 19.2. The molecule has 1 aromatic rings.